The van der Waals surface area contributed by atoms with E-state index in [4.69, 9.17) is 5.26 Å². The van der Waals surface area contributed by atoms with Crippen LogP contribution >= 0.6 is 0 Å². The van der Waals surface area contributed by atoms with Crippen LogP contribution in [0, 0.1) is 25.2 Å². The molecule has 3 heteroatoms. The van der Waals surface area contributed by atoms with E-state index >= 15 is 0 Å². The monoisotopic (exact) mass is 244 g/mol. The maximum atomic E-state index is 12.4. The van der Waals surface area contributed by atoms with Gasteiger partial charge in [0.05, 0.1) is 12.5 Å². The lowest BCUT2D eigenvalue weighted by Crippen LogP contribution is -2.38. The van der Waals surface area contributed by atoms with Crippen molar-refractivity contribution in [1.29, 1.82) is 5.26 Å². The van der Waals surface area contributed by atoms with Crippen LogP contribution < -0.4 is 0 Å². The van der Waals surface area contributed by atoms with Gasteiger partial charge in [-0.3, -0.25) is 4.79 Å². The van der Waals surface area contributed by atoms with E-state index in [1.807, 2.05) is 45.9 Å². The topological polar surface area (TPSA) is 44.1 Å². The van der Waals surface area contributed by atoms with Crippen LogP contribution in [0.15, 0.2) is 18.2 Å². The molecule has 0 aliphatic heterocycles. The standard InChI is InChI=1S/C15H20N2O/c1-11(2)17(9-5-8-16)15(18)14-7-6-12(3)10-13(14)4/h6-7,10-11H,5,9H2,1-4H3. The predicted molar refractivity (Wildman–Crippen MR) is 72.3 cm³/mol. The lowest BCUT2D eigenvalue weighted by Gasteiger charge is -2.26. The molecule has 18 heavy (non-hydrogen) atoms. The first kappa shape index (κ1) is 14.2. The molecule has 0 fully saturated rings. The van der Waals surface area contributed by atoms with Crippen LogP contribution in [0.3, 0.4) is 0 Å². The third-order valence-electron chi connectivity index (χ3n) is 2.96. The summed E-state index contributed by atoms with van der Waals surface area (Å²) in [6.45, 7) is 8.39. The van der Waals surface area contributed by atoms with E-state index in [2.05, 4.69) is 6.07 Å². The molecule has 96 valence electrons. The molecule has 1 amide bonds. The van der Waals surface area contributed by atoms with Gasteiger partial charge in [0, 0.05) is 18.2 Å². The SMILES string of the molecule is Cc1ccc(C(=O)N(CCC#N)C(C)C)c(C)c1. The summed E-state index contributed by atoms with van der Waals surface area (Å²) >= 11 is 0. The van der Waals surface area contributed by atoms with Crippen molar-refractivity contribution in [2.24, 2.45) is 0 Å². The predicted octanol–water partition coefficient (Wildman–Crippen LogP) is 3.07. The Morgan fingerprint density at radius 3 is 2.56 bits per heavy atom. The third-order valence-corrected chi connectivity index (χ3v) is 2.96. The Labute approximate surface area is 109 Å². The largest absolute Gasteiger partial charge is 0.335 e. The Morgan fingerprint density at radius 1 is 1.39 bits per heavy atom. The summed E-state index contributed by atoms with van der Waals surface area (Å²) in [6.07, 6.45) is 0.370. The van der Waals surface area contributed by atoms with Gasteiger partial charge in [-0.1, -0.05) is 17.7 Å². The molecule has 0 aliphatic rings. The van der Waals surface area contributed by atoms with E-state index in [0.717, 1.165) is 16.7 Å². The van der Waals surface area contributed by atoms with Gasteiger partial charge in [-0.05, 0) is 39.3 Å². The fourth-order valence-electron chi connectivity index (χ4n) is 1.97. The minimum atomic E-state index is 0.0118. The molecule has 0 unspecified atom stereocenters. The first-order valence-electron chi connectivity index (χ1n) is 6.22. The Kier molecular flexibility index (Phi) is 4.91. The molecular weight excluding hydrogens is 224 g/mol. The van der Waals surface area contributed by atoms with Crippen LogP contribution in [0.4, 0.5) is 0 Å². The molecule has 0 N–H and O–H groups in total. The average molecular weight is 244 g/mol. The summed E-state index contributed by atoms with van der Waals surface area (Å²) in [6, 6.07) is 8.02. The van der Waals surface area contributed by atoms with Crippen molar-refractivity contribution in [2.45, 2.75) is 40.2 Å². The van der Waals surface area contributed by atoms with E-state index in [9.17, 15) is 4.79 Å². The van der Waals surface area contributed by atoms with Crippen molar-refractivity contribution >= 4 is 5.91 Å². The second-order valence-electron chi connectivity index (χ2n) is 4.82. The Morgan fingerprint density at radius 2 is 2.06 bits per heavy atom. The molecular formula is C15H20N2O. The van der Waals surface area contributed by atoms with Crippen molar-refractivity contribution in [3.63, 3.8) is 0 Å². The van der Waals surface area contributed by atoms with Crippen LogP contribution in [-0.4, -0.2) is 23.4 Å². The lowest BCUT2D eigenvalue weighted by molar-refractivity contribution is 0.0709. The minimum Gasteiger partial charge on any atom is -0.335 e. The highest BCUT2D eigenvalue weighted by atomic mass is 16.2. The van der Waals surface area contributed by atoms with Gasteiger partial charge in [-0.25, -0.2) is 0 Å². The first-order chi connectivity index (χ1) is 8.47. The number of carbonyl (C=O) groups is 1. The number of amides is 1. The Balaban J connectivity index is 2.99. The van der Waals surface area contributed by atoms with Gasteiger partial charge in [0.1, 0.15) is 0 Å². The summed E-state index contributed by atoms with van der Waals surface area (Å²) in [4.78, 5) is 14.2. The van der Waals surface area contributed by atoms with Crippen LogP contribution in [0.2, 0.25) is 0 Å². The highest BCUT2D eigenvalue weighted by Crippen LogP contribution is 2.15. The van der Waals surface area contributed by atoms with E-state index in [-0.39, 0.29) is 11.9 Å². The number of benzene rings is 1. The summed E-state index contributed by atoms with van der Waals surface area (Å²) < 4.78 is 0. The molecule has 1 aromatic rings. The van der Waals surface area contributed by atoms with Crippen LogP contribution in [0.25, 0.3) is 0 Å². The fraction of sp³-hybridized carbons (Fsp3) is 0.467. The van der Waals surface area contributed by atoms with Crippen molar-refractivity contribution in [3.8, 4) is 6.07 Å². The van der Waals surface area contributed by atoms with Gasteiger partial charge >= 0.3 is 0 Å². The zero-order chi connectivity index (χ0) is 13.7. The van der Waals surface area contributed by atoms with Gasteiger partial charge < -0.3 is 4.90 Å². The molecule has 0 atom stereocenters. The minimum absolute atomic E-state index is 0.0118. The molecule has 0 spiro atoms. The second kappa shape index (κ2) is 6.20. The smallest absolute Gasteiger partial charge is 0.254 e. The first-order valence-corrected chi connectivity index (χ1v) is 6.22. The molecule has 0 heterocycles. The molecule has 0 saturated carbocycles. The number of nitrogens with zero attached hydrogens (tertiary/aromatic N) is 2. The lowest BCUT2D eigenvalue weighted by atomic mass is 10.0. The van der Waals surface area contributed by atoms with Crippen LogP contribution in [-0.2, 0) is 0 Å². The number of aryl methyl sites for hydroxylation is 2. The molecule has 0 saturated heterocycles. The van der Waals surface area contributed by atoms with Crippen LogP contribution in [0.1, 0.15) is 41.8 Å². The maximum absolute atomic E-state index is 12.4. The maximum Gasteiger partial charge on any atom is 0.254 e. The highest BCUT2D eigenvalue weighted by molar-refractivity contribution is 5.95. The van der Waals surface area contributed by atoms with Gasteiger partial charge in [0.25, 0.3) is 5.91 Å². The third kappa shape index (κ3) is 3.33. The second-order valence-corrected chi connectivity index (χ2v) is 4.82. The fourth-order valence-corrected chi connectivity index (χ4v) is 1.97. The Bertz CT molecular complexity index is 472. The molecule has 0 aliphatic carbocycles. The normalized spacial score (nSPS) is 10.2. The van der Waals surface area contributed by atoms with E-state index < -0.39 is 0 Å². The molecule has 3 nitrogen and oxygen atoms in total. The molecule has 1 rings (SSSR count). The summed E-state index contributed by atoms with van der Waals surface area (Å²) in [7, 11) is 0. The number of hydrogen-bond donors (Lipinski definition) is 0. The van der Waals surface area contributed by atoms with Gasteiger partial charge in [0.15, 0.2) is 0 Å². The summed E-state index contributed by atoms with van der Waals surface area (Å²) in [5, 5.41) is 8.65. The van der Waals surface area contributed by atoms with Crippen molar-refractivity contribution in [2.75, 3.05) is 6.54 Å². The van der Waals surface area contributed by atoms with E-state index in [1.54, 1.807) is 4.90 Å². The van der Waals surface area contributed by atoms with Crippen LogP contribution in [0.5, 0.6) is 0 Å². The number of rotatable bonds is 4. The van der Waals surface area contributed by atoms with Gasteiger partial charge in [-0.15, -0.1) is 0 Å². The summed E-state index contributed by atoms with van der Waals surface area (Å²) in [5.74, 6) is 0.0118. The van der Waals surface area contributed by atoms with Crippen molar-refractivity contribution < 1.29 is 4.79 Å². The number of carbonyl (C=O) groups excluding carboxylic acids is 1. The molecule has 0 aromatic heterocycles. The molecule has 0 radical (unpaired) electrons. The highest BCUT2D eigenvalue weighted by Gasteiger charge is 2.19. The molecule has 1 aromatic carbocycles. The van der Waals surface area contributed by atoms with E-state index in [1.165, 1.54) is 0 Å². The Hall–Kier alpha value is -1.82. The summed E-state index contributed by atoms with van der Waals surface area (Å²) in [5.41, 5.74) is 2.87. The van der Waals surface area contributed by atoms with E-state index in [0.29, 0.717) is 13.0 Å². The quantitative estimate of drug-likeness (QED) is 0.817. The zero-order valence-electron chi connectivity index (χ0n) is 11.5. The number of hydrogen-bond acceptors (Lipinski definition) is 2. The molecule has 0 bridgehead atoms. The number of nitriles is 1. The zero-order valence-corrected chi connectivity index (χ0v) is 11.5. The van der Waals surface area contributed by atoms with Crippen molar-refractivity contribution in [3.05, 3.63) is 34.9 Å². The van der Waals surface area contributed by atoms with Gasteiger partial charge in [-0.2, -0.15) is 5.26 Å². The van der Waals surface area contributed by atoms with Gasteiger partial charge in [0.2, 0.25) is 0 Å². The van der Waals surface area contributed by atoms with Crippen molar-refractivity contribution in [1.82, 2.24) is 4.90 Å². The average Bonchev–Trinajstić information content (AvgIpc) is 2.28.